The Kier molecular flexibility index (Phi) is 6.75. The van der Waals surface area contributed by atoms with E-state index in [1.165, 1.54) is 16.4 Å². The van der Waals surface area contributed by atoms with Crippen molar-refractivity contribution in [2.24, 2.45) is 0 Å². The Balaban J connectivity index is 1.74. The highest BCUT2D eigenvalue weighted by Gasteiger charge is 2.22. The minimum atomic E-state index is -0.521. The summed E-state index contributed by atoms with van der Waals surface area (Å²) >= 11 is 6.00. The SMILES string of the molecule is CC(=O)N(Cc1ccccc1)c1nc2ccccc2n(CC(=O)Nc2ccc(Cl)cc2C)c1=O. The zero-order chi connectivity index (χ0) is 24.2. The molecule has 3 aromatic carbocycles. The first-order valence-electron chi connectivity index (χ1n) is 10.7. The number of aryl methyl sites for hydroxylation is 1. The lowest BCUT2D eigenvalue weighted by Gasteiger charge is -2.21. The van der Waals surface area contributed by atoms with E-state index in [-0.39, 0.29) is 30.7 Å². The van der Waals surface area contributed by atoms with Crippen LogP contribution in [0.25, 0.3) is 11.0 Å². The molecule has 1 N–H and O–H groups in total. The van der Waals surface area contributed by atoms with Crippen LogP contribution in [-0.4, -0.2) is 21.4 Å². The number of nitrogens with one attached hydrogen (secondary N) is 1. The summed E-state index contributed by atoms with van der Waals surface area (Å²) in [5.41, 5.74) is 2.76. The van der Waals surface area contributed by atoms with Gasteiger partial charge in [-0.25, -0.2) is 4.98 Å². The van der Waals surface area contributed by atoms with Crippen LogP contribution in [0, 0.1) is 6.92 Å². The molecule has 4 aromatic rings. The molecule has 0 radical (unpaired) electrons. The second-order valence-corrected chi connectivity index (χ2v) is 8.35. The van der Waals surface area contributed by atoms with E-state index in [1.54, 1.807) is 42.5 Å². The fourth-order valence-electron chi connectivity index (χ4n) is 3.71. The molecule has 0 fully saturated rings. The van der Waals surface area contributed by atoms with Gasteiger partial charge < -0.3 is 5.32 Å². The summed E-state index contributed by atoms with van der Waals surface area (Å²) in [6.45, 7) is 3.17. The van der Waals surface area contributed by atoms with Crippen LogP contribution in [0.15, 0.2) is 77.6 Å². The van der Waals surface area contributed by atoms with Gasteiger partial charge in [0.05, 0.1) is 17.6 Å². The summed E-state index contributed by atoms with van der Waals surface area (Å²) in [5, 5.41) is 3.40. The van der Waals surface area contributed by atoms with Crippen LogP contribution in [-0.2, 0) is 22.7 Å². The summed E-state index contributed by atoms with van der Waals surface area (Å²) in [6.07, 6.45) is 0. The predicted molar refractivity (Wildman–Crippen MR) is 134 cm³/mol. The molecule has 8 heteroatoms. The van der Waals surface area contributed by atoms with Gasteiger partial charge in [0.25, 0.3) is 5.56 Å². The number of nitrogens with zero attached hydrogens (tertiary/aromatic N) is 3. The summed E-state index contributed by atoms with van der Waals surface area (Å²) in [4.78, 5) is 44.8. The van der Waals surface area contributed by atoms with E-state index in [4.69, 9.17) is 11.6 Å². The number of amides is 2. The van der Waals surface area contributed by atoms with Gasteiger partial charge in [-0.2, -0.15) is 0 Å². The van der Waals surface area contributed by atoms with Crippen molar-refractivity contribution in [2.75, 3.05) is 10.2 Å². The molecule has 0 aliphatic carbocycles. The van der Waals surface area contributed by atoms with Gasteiger partial charge in [0.1, 0.15) is 6.54 Å². The number of fused-ring (bicyclic) bond motifs is 1. The van der Waals surface area contributed by atoms with Crippen molar-refractivity contribution in [3.05, 3.63) is 99.3 Å². The minimum absolute atomic E-state index is 0.0227. The Morgan fingerprint density at radius 2 is 1.74 bits per heavy atom. The molecule has 7 nitrogen and oxygen atoms in total. The number of hydrogen-bond donors (Lipinski definition) is 1. The molecule has 172 valence electrons. The number of rotatable bonds is 6. The highest BCUT2D eigenvalue weighted by molar-refractivity contribution is 6.30. The lowest BCUT2D eigenvalue weighted by Crippen LogP contribution is -2.38. The fourth-order valence-corrected chi connectivity index (χ4v) is 3.94. The Hall–Kier alpha value is -3.97. The quantitative estimate of drug-likeness (QED) is 0.444. The smallest absolute Gasteiger partial charge is 0.294 e. The molecule has 0 unspecified atom stereocenters. The minimum Gasteiger partial charge on any atom is -0.324 e. The second kappa shape index (κ2) is 9.89. The van der Waals surface area contributed by atoms with E-state index in [0.717, 1.165) is 11.1 Å². The third-order valence-corrected chi connectivity index (χ3v) is 5.65. The van der Waals surface area contributed by atoms with E-state index < -0.39 is 5.56 Å². The normalized spacial score (nSPS) is 10.8. The lowest BCUT2D eigenvalue weighted by molar-refractivity contribution is -0.117. The van der Waals surface area contributed by atoms with Gasteiger partial charge in [0, 0.05) is 17.6 Å². The molecule has 1 aromatic heterocycles. The number of anilines is 2. The maximum Gasteiger partial charge on any atom is 0.294 e. The molecule has 0 saturated carbocycles. The van der Waals surface area contributed by atoms with Crippen LogP contribution in [0.3, 0.4) is 0 Å². The number of benzene rings is 3. The molecule has 1 heterocycles. The molecule has 0 spiro atoms. The maximum atomic E-state index is 13.5. The van der Waals surface area contributed by atoms with Gasteiger partial charge in [-0.15, -0.1) is 0 Å². The monoisotopic (exact) mass is 474 g/mol. The van der Waals surface area contributed by atoms with Crippen LogP contribution >= 0.6 is 11.6 Å². The Labute approximate surface area is 201 Å². The van der Waals surface area contributed by atoms with Crippen molar-refractivity contribution < 1.29 is 9.59 Å². The topological polar surface area (TPSA) is 84.3 Å². The average molecular weight is 475 g/mol. The molecular formula is C26H23ClN4O3. The number of halogens is 1. The highest BCUT2D eigenvalue weighted by atomic mass is 35.5. The number of hydrogen-bond acceptors (Lipinski definition) is 4. The summed E-state index contributed by atoms with van der Waals surface area (Å²) in [7, 11) is 0. The fraction of sp³-hybridized carbons (Fsp3) is 0.154. The van der Waals surface area contributed by atoms with Crippen molar-refractivity contribution >= 4 is 46.0 Å². The largest absolute Gasteiger partial charge is 0.324 e. The Morgan fingerprint density at radius 3 is 2.44 bits per heavy atom. The predicted octanol–water partition coefficient (Wildman–Crippen LogP) is 4.55. The van der Waals surface area contributed by atoms with Gasteiger partial charge in [-0.1, -0.05) is 54.1 Å². The zero-order valence-corrected chi connectivity index (χ0v) is 19.5. The molecule has 2 amide bonds. The van der Waals surface area contributed by atoms with Crippen molar-refractivity contribution in [1.82, 2.24) is 9.55 Å². The molecular weight excluding hydrogens is 452 g/mol. The van der Waals surface area contributed by atoms with E-state index >= 15 is 0 Å². The van der Waals surface area contributed by atoms with Crippen LogP contribution in [0.4, 0.5) is 11.5 Å². The van der Waals surface area contributed by atoms with Gasteiger partial charge in [0.2, 0.25) is 17.6 Å². The van der Waals surface area contributed by atoms with E-state index in [1.807, 2.05) is 37.3 Å². The van der Waals surface area contributed by atoms with Crippen molar-refractivity contribution in [1.29, 1.82) is 0 Å². The maximum absolute atomic E-state index is 13.5. The number of para-hydroxylation sites is 2. The van der Waals surface area contributed by atoms with E-state index in [0.29, 0.717) is 21.7 Å². The van der Waals surface area contributed by atoms with Crippen LogP contribution in [0.5, 0.6) is 0 Å². The number of carbonyl (C=O) groups excluding carboxylic acids is 2. The number of carbonyl (C=O) groups is 2. The van der Waals surface area contributed by atoms with Gasteiger partial charge in [-0.3, -0.25) is 23.9 Å². The summed E-state index contributed by atoms with van der Waals surface area (Å²) in [5.74, 6) is -0.727. The van der Waals surface area contributed by atoms with Crippen molar-refractivity contribution in [2.45, 2.75) is 26.9 Å². The van der Waals surface area contributed by atoms with E-state index in [2.05, 4.69) is 10.3 Å². The first-order valence-corrected chi connectivity index (χ1v) is 11.1. The molecule has 4 rings (SSSR count). The first kappa shape index (κ1) is 23.2. The first-order chi connectivity index (χ1) is 16.3. The van der Waals surface area contributed by atoms with Crippen LogP contribution in [0.1, 0.15) is 18.1 Å². The molecule has 0 aliphatic heterocycles. The molecule has 0 bridgehead atoms. The Bertz CT molecular complexity index is 1430. The average Bonchev–Trinajstić information content (AvgIpc) is 2.82. The van der Waals surface area contributed by atoms with Crippen molar-refractivity contribution in [3.63, 3.8) is 0 Å². The van der Waals surface area contributed by atoms with Gasteiger partial charge in [-0.05, 0) is 48.4 Å². The van der Waals surface area contributed by atoms with Gasteiger partial charge in [0.15, 0.2) is 0 Å². The molecule has 0 aliphatic rings. The molecule has 34 heavy (non-hydrogen) atoms. The van der Waals surface area contributed by atoms with Crippen LogP contribution in [0.2, 0.25) is 5.02 Å². The molecule has 0 saturated heterocycles. The standard InChI is InChI=1S/C26H23ClN4O3/c1-17-14-20(27)12-13-21(17)28-24(33)16-31-23-11-7-6-10-22(23)29-25(26(31)34)30(18(2)32)15-19-8-4-3-5-9-19/h3-14H,15-16H2,1-2H3,(H,28,33). The summed E-state index contributed by atoms with van der Waals surface area (Å²) in [6, 6.07) is 21.5. The van der Waals surface area contributed by atoms with Crippen LogP contribution < -0.4 is 15.8 Å². The third-order valence-electron chi connectivity index (χ3n) is 5.42. The number of aromatic nitrogens is 2. The van der Waals surface area contributed by atoms with Gasteiger partial charge >= 0.3 is 0 Å². The van der Waals surface area contributed by atoms with Crippen molar-refractivity contribution in [3.8, 4) is 0 Å². The molecule has 0 atom stereocenters. The third kappa shape index (κ3) is 5.00. The Morgan fingerprint density at radius 1 is 1.03 bits per heavy atom. The lowest BCUT2D eigenvalue weighted by atomic mass is 10.2. The highest BCUT2D eigenvalue weighted by Crippen LogP contribution is 2.20. The summed E-state index contributed by atoms with van der Waals surface area (Å²) < 4.78 is 1.35. The second-order valence-electron chi connectivity index (χ2n) is 7.91. The van der Waals surface area contributed by atoms with E-state index in [9.17, 15) is 14.4 Å². The zero-order valence-electron chi connectivity index (χ0n) is 18.8.